The highest BCUT2D eigenvalue weighted by atomic mass is 127. The number of benzene rings is 1. The molecule has 1 aromatic carbocycles. The van der Waals surface area contributed by atoms with Gasteiger partial charge in [-0.15, -0.1) is 0 Å². The third-order valence-electron chi connectivity index (χ3n) is 3.90. The molecule has 0 unspecified atom stereocenters. The number of hydrogen-bond donors (Lipinski definition) is 1. The van der Waals surface area contributed by atoms with Crippen molar-refractivity contribution < 1.29 is 0 Å². The van der Waals surface area contributed by atoms with E-state index in [1.807, 2.05) is 0 Å². The van der Waals surface area contributed by atoms with Crippen molar-refractivity contribution in [1.29, 1.82) is 0 Å². The van der Waals surface area contributed by atoms with Crippen molar-refractivity contribution in [2.75, 3.05) is 0 Å². The average Bonchev–Trinajstić information content (AvgIpc) is 3.29. The molecule has 5 nitrogen and oxygen atoms in total. The molecule has 0 amide bonds. The zero-order valence-electron chi connectivity index (χ0n) is 12.1. The molecule has 1 aliphatic carbocycles. The zero-order valence-corrected chi connectivity index (χ0v) is 16.5. The minimum absolute atomic E-state index is 0.180. The monoisotopic (exact) mass is 494 g/mol. The number of aromatic nitrogens is 4. The van der Waals surface area contributed by atoms with E-state index < -0.39 is 0 Å². The summed E-state index contributed by atoms with van der Waals surface area (Å²) in [6.45, 7) is 0. The molecule has 4 rings (SSSR count). The molecule has 2 heterocycles. The summed E-state index contributed by atoms with van der Waals surface area (Å²) in [5.74, 6) is 0.866. The molecular formula is C15H10Cl3IN4O. The molecular weight excluding hydrogens is 485 g/mol. The molecule has 0 bridgehead atoms. The van der Waals surface area contributed by atoms with Crippen LogP contribution in [0.25, 0.3) is 16.7 Å². The zero-order chi connectivity index (χ0) is 17.0. The molecule has 1 N–H and O–H groups in total. The van der Waals surface area contributed by atoms with E-state index in [-0.39, 0.29) is 11.5 Å². The van der Waals surface area contributed by atoms with Crippen LogP contribution in [0.2, 0.25) is 15.1 Å². The van der Waals surface area contributed by atoms with E-state index in [9.17, 15) is 4.79 Å². The van der Waals surface area contributed by atoms with E-state index >= 15 is 0 Å². The van der Waals surface area contributed by atoms with Gasteiger partial charge in [-0.2, -0.15) is 5.10 Å². The summed E-state index contributed by atoms with van der Waals surface area (Å²) in [5, 5.41) is 6.29. The Hall–Kier alpha value is -0.830. The Morgan fingerprint density at radius 2 is 1.92 bits per heavy atom. The van der Waals surface area contributed by atoms with Crippen LogP contribution in [0.3, 0.4) is 0 Å². The predicted molar refractivity (Wildman–Crippen MR) is 104 cm³/mol. The number of nitrogens with zero attached hydrogens (tertiary/aromatic N) is 3. The fourth-order valence-electron chi connectivity index (χ4n) is 2.69. The number of alkyl halides is 1. The normalized spacial score (nSPS) is 14.5. The number of halogens is 4. The van der Waals surface area contributed by atoms with Crippen LogP contribution in [-0.2, 0) is 4.43 Å². The second-order valence-corrected chi connectivity index (χ2v) is 7.65. The first-order valence-electron chi connectivity index (χ1n) is 7.22. The van der Waals surface area contributed by atoms with Crippen LogP contribution in [-0.4, -0.2) is 19.7 Å². The van der Waals surface area contributed by atoms with Crippen LogP contribution in [0.15, 0.2) is 16.9 Å². The minimum atomic E-state index is -0.180. The Labute approximate surface area is 165 Å². The highest BCUT2D eigenvalue weighted by molar-refractivity contribution is 14.1. The Morgan fingerprint density at radius 3 is 2.50 bits per heavy atom. The maximum atomic E-state index is 12.5. The van der Waals surface area contributed by atoms with Crippen molar-refractivity contribution in [2.24, 2.45) is 0 Å². The van der Waals surface area contributed by atoms with Crippen LogP contribution < -0.4 is 5.56 Å². The SMILES string of the molecule is O=c1[nH]c(CI)nc2c1c(C1CC1)nn2-c1c(Cl)cc(Cl)cc1Cl. The topological polar surface area (TPSA) is 63.6 Å². The van der Waals surface area contributed by atoms with E-state index in [4.69, 9.17) is 34.8 Å². The Balaban J connectivity index is 2.09. The van der Waals surface area contributed by atoms with Crippen molar-refractivity contribution >= 4 is 68.4 Å². The Bertz CT molecular complexity index is 1000. The second kappa shape index (κ2) is 6.16. The molecule has 0 spiro atoms. The summed E-state index contributed by atoms with van der Waals surface area (Å²) in [7, 11) is 0. The van der Waals surface area contributed by atoms with E-state index in [2.05, 4.69) is 37.7 Å². The van der Waals surface area contributed by atoms with Crippen LogP contribution in [0, 0.1) is 0 Å². The highest BCUT2D eigenvalue weighted by Crippen LogP contribution is 2.42. The summed E-state index contributed by atoms with van der Waals surface area (Å²) >= 11 is 20.8. The van der Waals surface area contributed by atoms with E-state index in [1.165, 1.54) is 0 Å². The molecule has 1 fully saturated rings. The molecule has 0 aliphatic heterocycles. The second-order valence-electron chi connectivity index (χ2n) is 5.63. The third kappa shape index (κ3) is 2.73. The number of rotatable bonds is 3. The van der Waals surface area contributed by atoms with Gasteiger partial charge in [-0.3, -0.25) is 4.79 Å². The molecule has 1 aliphatic rings. The molecule has 9 heteroatoms. The number of aromatic amines is 1. The molecule has 0 radical (unpaired) electrons. The highest BCUT2D eigenvalue weighted by Gasteiger charge is 2.32. The lowest BCUT2D eigenvalue weighted by atomic mass is 10.2. The van der Waals surface area contributed by atoms with Gasteiger partial charge in [0, 0.05) is 10.9 Å². The lowest BCUT2D eigenvalue weighted by Gasteiger charge is -2.09. The summed E-state index contributed by atoms with van der Waals surface area (Å²) in [4.78, 5) is 19.9. The molecule has 3 aromatic rings. The minimum Gasteiger partial charge on any atom is -0.309 e. The van der Waals surface area contributed by atoms with Gasteiger partial charge < -0.3 is 4.98 Å². The fraction of sp³-hybridized carbons (Fsp3) is 0.267. The summed E-state index contributed by atoms with van der Waals surface area (Å²) in [5.41, 5.74) is 1.53. The largest absolute Gasteiger partial charge is 0.309 e. The smallest absolute Gasteiger partial charge is 0.262 e. The molecule has 124 valence electrons. The lowest BCUT2D eigenvalue weighted by molar-refractivity contribution is 0.847. The van der Waals surface area contributed by atoms with Gasteiger partial charge in [0.05, 0.1) is 20.2 Å². The molecule has 0 atom stereocenters. The van der Waals surface area contributed by atoms with E-state index in [0.29, 0.717) is 42.0 Å². The summed E-state index contributed by atoms with van der Waals surface area (Å²) < 4.78 is 2.14. The number of nitrogens with one attached hydrogen (secondary N) is 1. The number of H-pyrrole nitrogens is 1. The quantitative estimate of drug-likeness (QED) is 0.416. The van der Waals surface area contributed by atoms with Gasteiger partial charge >= 0.3 is 0 Å². The first kappa shape index (κ1) is 16.6. The molecule has 24 heavy (non-hydrogen) atoms. The summed E-state index contributed by atoms with van der Waals surface area (Å²) in [6.07, 6.45) is 2.03. The number of fused-ring (bicyclic) bond motifs is 1. The molecule has 1 saturated carbocycles. The average molecular weight is 496 g/mol. The summed E-state index contributed by atoms with van der Waals surface area (Å²) in [6, 6.07) is 3.20. The van der Waals surface area contributed by atoms with E-state index in [1.54, 1.807) is 16.8 Å². The molecule has 0 saturated heterocycles. The fourth-order valence-corrected chi connectivity index (χ4v) is 4.03. The van der Waals surface area contributed by atoms with E-state index in [0.717, 1.165) is 18.5 Å². The number of hydrogen-bond acceptors (Lipinski definition) is 3. The Morgan fingerprint density at radius 1 is 1.25 bits per heavy atom. The van der Waals surface area contributed by atoms with Crippen LogP contribution in [0.1, 0.15) is 30.3 Å². The lowest BCUT2D eigenvalue weighted by Crippen LogP contribution is -2.12. The van der Waals surface area contributed by atoms with Crippen LogP contribution in [0.5, 0.6) is 0 Å². The van der Waals surface area contributed by atoms with Gasteiger partial charge in [0.15, 0.2) is 5.65 Å². The maximum Gasteiger partial charge on any atom is 0.262 e. The van der Waals surface area contributed by atoms with Gasteiger partial charge in [0.25, 0.3) is 5.56 Å². The van der Waals surface area contributed by atoms with Crippen LogP contribution >= 0.6 is 57.4 Å². The van der Waals surface area contributed by atoms with Crippen molar-refractivity contribution in [3.05, 3.63) is 49.1 Å². The first-order valence-corrected chi connectivity index (χ1v) is 9.88. The van der Waals surface area contributed by atoms with Crippen molar-refractivity contribution in [2.45, 2.75) is 23.2 Å². The third-order valence-corrected chi connectivity index (χ3v) is 5.41. The van der Waals surface area contributed by atoms with Crippen LogP contribution in [0.4, 0.5) is 0 Å². The Kier molecular flexibility index (Phi) is 4.27. The van der Waals surface area contributed by atoms with Gasteiger partial charge in [0.2, 0.25) is 0 Å². The maximum absolute atomic E-state index is 12.5. The van der Waals surface area contributed by atoms with Gasteiger partial charge in [-0.05, 0) is 25.0 Å². The standard InChI is InChI=1S/C15H10Cl3IN4O/c16-7-3-8(17)13(9(18)4-7)23-14-11(12(22-23)6-1-2-6)15(24)21-10(5-19)20-14/h3-4,6H,1-2,5H2,(H,20,21,24). The molecule has 2 aromatic heterocycles. The van der Waals surface area contributed by atoms with Crippen molar-refractivity contribution in [3.8, 4) is 5.69 Å². The van der Waals surface area contributed by atoms with Crippen molar-refractivity contribution in [3.63, 3.8) is 0 Å². The first-order chi connectivity index (χ1) is 11.5. The van der Waals surface area contributed by atoms with Crippen molar-refractivity contribution in [1.82, 2.24) is 19.7 Å². The van der Waals surface area contributed by atoms with Gasteiger partial charge in [-0.1, -0.05) is 57.4 Å². The van der Waals surface area contributed by atoms with Gasteiger partial charge in [0.1, 0.15) is 16.9 Å². The van der Waals surface area contributed by atoms with Gasteiger partial charge in [-0.25, -0.2) is 9.67 Å². The predicted octanol–water partition coefficient (Wildman–Crippen LogP) is 4.88.